The zero-order chi connectivity index (χ0) is 28.2. The van der Waals surface area contributed by atoms with Crippen molar-refractivity contribution in [1.82, 2.24) is 0 Å². The van der Waals surface area contributed by atoms with Crippen molar-refractivity contribution >= 4 is 35.5 Å². The largest absolute Gasteiger partial charge is 0.470 e. The van der Waals surface area contributed by atoms with Crippen molar-refractivity contribution in [2.45, 2.75) is 107 Å². The number of carbonyl (C=O) groups is 2. The SMILES string of the molecule is [C-]#[N+]C(C(=O)OCCC(C)(C)O)=C1Sc2c(C)ccc(OC(=O)C3CCC(C4CCC(CC)CC4)CC3)c2S1. The lowest BCUT2D eigenvalue weighted by Gasteiger charge is -2.37. The van der Waals surface area contributed by atoms with Crippen LogP contribution in [0.15, 0.2) is 31.9 Å². The number of fused-ring (bicyclic) bond motifs is 1. The number of carbonyl (C=O) groups excluding carboxylic acids is 2. The summed E-state index contributed by atoms with van der Waals surface area (Å²) in [6.07, 6.45) is 11.0. The van der Waals surface area contributed by atoms with E-state index >= 15 is 0 Å². The van der Waals surface area contributed by atoms with Gasteiger partial charge in [-0.1, -0.05) is 55.8 Å². The minimum Gasteiger partial charge on any atom is -0.470 e. The van der Waals surface area contributed by atoms with Crippen LogP contribution in [0.25, 0.3) is 4.85 Å². The number of hydrogen-bond acceptors (Lipinski definition) is 7. The molecule has 2 fully saturated rings. The van der Waals surface area contributed by atoms with Crippen LogP contribution in [-0.2, 0) is 14.3 Å². The topological polar surface area (TPSA) is 77.2 Å². The molecule has 3 aliphatic rings. The first-order chi connectivity index (χ1) is 18.6. The van der Waals surface area contributed by atoms with Gasteiger partial charge in [0, 0.05) is 11.3 Å². The van der Waals surface area contributed by atoms with Crippen LogP contribution in [0.5, 0.6) is 5.75 Å². The second-order valence-corrected chi connectivity index (χ2v) is 14.2. The van der Waals surface area contributed by atoms with Gasteiger partial charge >= 0.3 is 11.9 Å². The van der Waals surface area contributed by atoms with Gasteiger partial charge in [0.2, 0.25) is 0 Å². The van der Waals surface area contributed by atoms with Crippen molar-refractivity contribution in [2.24, 2.45) is 23.7 Å². The van der Waals surface area contributed by atoms with E-state index in [4.69, 9.17) is 16.0 Å². The zero-order valence-corrected chi connectivity index (χ0v) is 25.2. The van der Waals surface area contributed by atoms with Crippen LogP contribution < -0.4 is 4.74 Å². The lowest BCUT2D eigenvalue weighted by Crippen LogP contribution is -2.30. The molecule has 2 aliphatic carbocycles. The van der Waals surface area contributed by atoms with Crippen molar-refractivity contribution < 1.29 is 24.2 Å². The Morgan fingerprint density at radius 3 is 2.23 bits per heavy atom. The van der Waals surface area contributed by atoms with Crippen LogP contribution in [0.4, 0.5) is 0 Å². The summed E-state index contributed by atoms with van der Waals surface area (Å²) in [5.74, 6) is 2.01. The summed E-state index contributed by atoms with van der Waals surface area (Å²) in [6, 6.07) is 3.74. The van der Waals surface area contributed by atoms with Crippen LogP contribution in [0, 0.1) is 37.2 Å². The molecule has 0 spiro atoms. The Morgan fingerprint density at radius 2 is 1.64 bits per heavy atom. The molecule has 0 atom stereocenters. The molecule has 0 radical (unpaired) electrons. The Labute approximate surface area is 241 Å². The fourth-order valence-corrected chi connectivity index (χ4v) is 8.60. The molecule has 0 aromatic heterocycles. The summed E-state index contributed by atoms with van der Waals surface area (Å²) >= 11 is 2.63. The van der Waals surface area contributed by atoms with E-state index in [1.54, 1.807) is 13.8 Å². The highest BCUT2D eigenvalue weighted by molar-refractivity contribution is 8.24. The molecular formula is C31H41NO5S2. The highest BCUT2D eigenvalue weighted by Gasteiger charge is 2.35. The number of benzene rings is 1. The van der Waals surface area contributed by atoms with Gasteiger partial charge in [0.1, 0.15) is 5.75 Å². The van der Waals surface area contributed by atoms with E-state index in [0.29, 0.717) is 9.99 Å². The van der Waals surface area contributed by atoms with Gasteiger partial charge in [-0.15, -0.1) is 0 Å². The van der Waals surface area contributed by atoms with Gasteiger partial charge < -0.3 is 14.6 Å². The first-order valence-corrected chi connectivity index (χ1v) is 15.9. The molecule has 2 saturated carbocycles. The normalized spacial score (nSPS) is 26.4. The fraction of sp³-hybridized carbons (Fsp3) is 0.645. The van der Waals surface area contributed by atoms with Crippen LogP contribution in [0.1, 0.15) is 90.5 Å². The van der Waals surface area contributed by atoms with Gasteiger partial charge in [-0.3, -0.25) is 9.59 Å². The van der Waals surface area contributed by atoms with Crippen molar-refractivity contribution in [3.05, 3.63) is 39.0 Å². The minimum atomic E-state index is -0.956. The Balaban J connectivity index is 1.37. The van der Waals surface area contributed by atoms with E-state index < -0.39 is 11.6 Å². The van der Waals surface area contributed by atoms with Crippen molar-refractivity contribution in [3.63, 3.8) is 0 Å². The Hall–Kier alpha value is -1.95. The third-order valence-corrected chi connectivity index (χ3v) is 11.3. The summed E-state index contributed by atoms with van der Waals surface area (Å²) in [5.41, 5.74) is -0.0440. The quantitative estimate of drug-likeness (QED) is 0.147. The van der Waals surface area contributed by atoms with Gasteiger partial charge in [-0.05, 0) is 88.7 Å². The van der Waals surface area contributed by atoms with Crippen molar-refractivity contribution in [1.29, 1.82) is 0 Å². The van der Waals surface area contributed by atoms with E-state index in [2.05, 4.69) is 11.8 Å². The molecule has 212 valence electrons. The summed E-state index contributed by atoms with van der Waals surface area (Å²) in [6.45, 7) is 15.2. The Kier molecular flexibility index (Phi) is 10.1. The number of rotatable bonds is 8. The second kappa shape index (κ2) is 13.1. The summed E-state index contributed by atoms with van der Waals surface area (Å²) < 4.78 is 11.8. The summed E-state index contributed by atoms with van der Waals surface area (Å²) in [5, 5.41) is 9.86. The predicted molar refractivity (Wildman–Crippen MR) is 155 cm³/mol. The molecule has 1 N–H and O–H groups in total. The maximum Gasteiger partial charge on any atom is 0.338 e. The second-order valence-electron chi connectivity index (χ2n) is 11.9. The number of esters is 2. The minimum absolute atomic E-state index is 0.0288. The highest BCUT2D eigenvalue weighted by atomic mass is 32.2. The number of nitrogens with zero attached hydrogens (tertiary/aromatic N) is 1. The number of hydrogen-bond donors (Lipinski definition) is 1. The van der Waals surface area contributed by atoms with Gasteiger partial charge in [-0.25, -0.2) is 4.85 Å². The number of aryl methyl sites for hydroxylation is 1. The van der Waals surface area contributed by atoms with E-state index in [1.165, 1.54) is 55.6 Å². The molecule has 1 aromatic rings. The van der Waals surface area contributed by atoms with Crippen LogP contribution in [-0.4, -0.2) is 29.3 Å². The van der Waals surface area contributed by atoms with E-state index in [-0.39, 0.29) is 30.6 Å². The molecule has 0 saturated heterocycles. The van der Waals surface area contributed by atoms with Crippen molar-refractivity contribution in [2.75, 3.05) is 6.61 Å². The van der Waals surface area contributed by atoms with Gasteiger partial charge in [0.15, 0.2) is 0 Å². The molecule has 1 aromatic carbocycles. The van der Waals surface area contributed by atoms with Crippen LogP contribution >= 0.6 is 23.5 Å². The van der Waals surface area contributed by atoms with Crippen LogP contribution in [0.3, 0.4) is 0 Å². The molecule has 0 unspecified atom stereocenters. The third-order valence-electron chi connectivity index (χ3n) is 8.56. The van der Waals surface area contributed by atoms with Crippen molar-refractivity contribution in [3.8, 4) is 5.75 Å². The molecule has 1 heterocycles. The molecule has 6 nitrogen and oxygen atoms in total. The first kappa shape index (κ1) is 30.0. The third kappa shape index (κ3) is 7.62. The van der Waals surface area contributed by atoms with Gasteiger partial charge in [0.25, 0.3) is 5.70 Å². The monoisotopic (exact) mass is 571 g/mol. The molecule has 0 bridgehead atoms. The number of thioether (sulfide) groups is 2. The Morgan fingerprint density at radius 1 is 1.03 bits per heavy atom. The van der Waals surface area contributed by atoms with E-state index in [9.17, 15) is 14.7 Å². The number of aliphatic hydroxyl groups is 1. The van der Waals surface area contributed by atoms with Crippen LogP contribution in [0.2, 0.25) is 0 Å². The molecular weight excluding hydrogens is 530 g/mol. The molecule has 39 heavy (non-hydrogen) atoms. The average Bonchev–Trinajstić information content (AvgIpc) is 3.36. The Bertz CT molecular complexity index is 1130. The molecule has 1 aliphatic heterocycles. The molecule has 8 heteroatoms. The first-order valence-electron chi connectivity index (χ1n) is 14.3. The molecule has 0 amide bonds. The molecule has 4 rings (SSSR count). The highest BCUT2D eigenvalue weighted by Crippen LogP contribution is 2.57. The van der Waals surface area contributed by atoms with E-state index in [0.717, 1.165) is 58.8 Å². The summed E-state index contributed by atoms with van der Waals surface area (Å²) in [7, 11) is 0. The smallest absolute Gasteiger partial charge is 0.338 e. The maximum absolute atomic E-state index is 13.2. The lowest BCUT2D eigenvalue weighted by molar-refractivity contribution is -0.141. The average molecular weight is 572 g/mol. The predicted octanol–water partition coefficient (Wildman–Crippen LogP) is 7.91. The zero-order valence-electron chi connectivity index (χ0n) is 23.6. The van der Waals surface area contributed by atoms with E-state index in [1.807, 2.05) is 19.1 Å². The standard InChI is InChI=1S/C31H41NO5S2/c1-6-20-8-10-21(11-9-20)22-12-14-23(15-13-22)28(33)37-24-16-7-19(2)26-27(24)39-30(38-26)25(32-5)29(34)36-18-17-31(3,4)35/h7,16,20-23,35H,6,8-15,17-18H2,1-4H3. The lowest BCUT2D eigenvalue weighted by atomic mass is 9.69. The fourth-order valence-electron chi connectivity index (χ4n) is 5.97. The maximum atomic E-state index is 13.2. The van der Waals surface area contributed by atoms with Gasteiger partial charge in [-0.2, -0.15) is 0 Å². The number of ether oxygens (including phenoxy) is 2. The van der Waals surface area contributed by atoms with Gasteiger partial charge in [0.05, 0.1) is 33.8 Å². The summed E-state index contributed by atoms with van der Waals surface area (Å²) in [4.78, 5) is 31.0.